The number of aromatic nitrogens is 3. The van der Waals surface area contributed by atoms with Gasteiger partial charge in [0, 0.05) is 51.1 Å². The quantitative estimate of drug-likeness (QED) is 0.344. The van der Waals surface area contributed by atoms with Gasteiger partial charge in [0.05, 0.1) is 22.8 Å². The van der Waals surface area contributed by atoms with E-state index in [1.165, 1.54) is 6.08 Å². The molecule has 3 N–H and O–H groups in total. The second kappa shape index (κ2) is 8.87. The van der Waals surface area contributed by atoms with Crippen LogP contribution in [0.25, 0.3) is 22.2 Å². The lowest BCUT2D eigenvalue weighted by atomic mass is 10.1. The number of aromatic amines is 1. The lowest BCUT2D eigenvalue weighted by molar-refractivity contribution is -0.111. The van der Waals surface area contributed by atoms with Crippen LogP contribution in [0.5, 0.6) is 0 Å². The van der Waals surface area contributed by atoms with E-state index in [2.05, 4.69) is 31.5 Å². The Bertz CT molecular complexity index is 1490. The van der Waals surface area contributed by atoms with Gasteiger partial charge >= 0.3 is 0 Å². The molecule has 8 nitrogen and oxygen atoms in total. The van der Waals surface area contributed by atoms with Crippen LogP contribution < -0.4 is 10.6 Å². The van der Waals surface area contributed by atoms with Crippen LogP contribution >= 0.6 is 0 Å². The van der Waals surface area contributed by atoms with Gasteiger partial charge < -0.3 is 15.6 Å². The first kappa shape index (κ1) is 22.2. The molecule has 1 amide bonds. The molecule has 4 aromatic rings. The molecule has 0 radical (unpaired) electrons. The minimum Gasteiger partial charge on any atom is -0.360 e. The zero-order valence-corrected chi connectivity index (χ0v) is 19.4. The van der Waals surface area contributed by atoms with E-state index < -0.39 is 9.73 Å². The number of hydrogen-bond donors (Lipinski definition) is 3. The molecular weight excluding hydrogens is 436 g/mol. The summed E-state index contributed by atoms with van der Waals surface area (Å²) in [4.78, 5) is 24.4. The van der Waals surface area contributed by atoms with Crippen molar-refractivity contribution >= 4 is 49.5 Å². The van der Waals surface area contributed by atoms with Crippen LogP contribution in [0.2, 0.25) is 0 Å². The number of anilines is 3. The molecule has 0 fully saturated rings. The van der Waals surface area contributed by atoms with Crippen LogP contribution in [0.4, 0.5) is 23.0 Å². The molecule has 4 rings (SSSR count). The monoisotopic (exact) mass is 460 g/mol. The molecule has 33 heavy (non-hydrogen) atoms. The van der Waals surface area contributed by atoms with Crippen molar-refractivity contribution in [1.29, 1.82) is 0 Å². The molecule has 0 aliphatic heterocycles. The maximum atomic E-state index is 12.1. The second-order valence-electron chi connectivity index (χ2n) is 7.79. The molecule has 0 aliphatic carbocycles. The van der Waals surface area contributed by atoms with Gasteiger partial charge in [-0.25, -0.2) is 14.2 Å². The second-order valence-corrected chi connectivity index (χ2v) is 10.3. The third-order valence-corrected chi connectivity index (χ3v) is 5.48. The van der Waals surface area contributed by atoms with E-state index in [9.17, 15) is 9.00 Å². The van der Waals surface area contributed by atoms with E-state index in [0.717, 1.165) is 27.7 Å². The van der Waals surface area contributed by atoms with E-state index in [1.807, 2.05) is 37.4 Å². The molecule has 0 unspecified atom stereocenters. The van der Waals surface area contributed by atoms with Gasteiger partial charge in [-0.15, -0.1) is 0 Å². The fourth-order valence-electron chi connectivity index (χ4n) is 3.40. The Morgan fingerprint density at radius 2 is 1.97 bits per heavy atom. The standard InChI is InChI=1S/C24H24N6O2S/c1-5-22(31)27-21-12-16(30-33(3,4)32)10-11-20(21)28-24-26-13-15(2)23(29-24)18-14-25-19-9-7-6-8-17(18)19/h5-14,25H,1H2,2-4H3,(H,27,31)(H,26,28,29). The first-order chi connectivity index (χ1) is 15.7. The molecule has 0 atom stereocenters. The molecule has 2 heterocycles. The van der Waals surface area contributed by atoms with Gasteiger partial charge in [-0.3, -0.25) is 4.79 Å². The highest BCUT2D eigenvalue weighted by atomic mass is 32.2. The molecule has 0 saturated carbocycles. The third-order valence-electron chi connectivity index (χ3n) is 4.83. The fraction of sp³-hybridized carbons (Fsp3) is 0.125. The lowest BCUT2D eigenvalue weighted by Gasteiger charge is -2.13. The van der Waals surface area contributed by atoms with Gasteiger partial charge in [0.1, 0.15) is 0 Å². The Hall–Kier alpha value is -3.98. The Kier molecular flexibility index (Phi) is 5.97. The Balaban J connectivity index is 1.74. The number of rotatable bonds is 6. The summed E-state index contributed by atoms with van der Waals surface area (Å²) < 4.78 is 16.3. The predicted octanol–water partition coefficient (Wildman–Crippen LogP) is 5.16. The SMILES string of the molecule is C=CC(=O)Nc1cc(N=S(C)(C)=O)ccc1Nc1ncc(C)c(-c2c[nH]c3ccccc23)n1. The summed E-state index contributed by atoms with van der Waals surface area (Å²) in [6.07, 6.45) is 7.96. The van der Waals surface area contributed by atoms with Gasteiger partial charge in [-0.05, 0) is 42.8 Å². The summed E-state index contributed by atoms with van der Waals surface area (Å²) in [5.41, 5.74) is 5.23. The van der Waals surface area contributed by atoms with Crippen molar-refractivity contribution in [3.8, 4) is 11.3 Å². The number of H-pyrrole nitrogens is 1. The van der Waals surface area contributed by atoms with Crippen LogP contribution in [0.1, 0.15) is 5.56 Å². The topological polar surface area (TPSA) is 112 Å². The third kappa shape index (κ3) is 5.09. The highest BCUT2D eigenvalue weighted by Gasteiger charge is 2.13. The van der Waals surface area contributed by atoms with Gasteiger partial charge in [-0.2, -0.15) is 4.36 Å². The van der Waals surface area contributed by atoms with Crippen LogP contribution in [0.3, 0.4) is 0 Å². The zero-order chi connectivity index (χ0) is 23.6. The molecule has 168 valence electrons. The van der Waals surface area contributed by atoms with Gasteiger partial charge in [0.25, 0.3) is 0 Å². The summed E-state index contributed by atoms with van der Waals surface area (Å²) in [5.74, 6) is -0.0114. The maximum absolute atomic E-state index is 12.1. The van der Waals surface area contributed by atoms with E-state index in [1.54, 1.807) is 36.9 Å². The molecule has 0 saturated heterocycles. The number of carbonyl (C=O) groups is 1. The number of amides is 1. The van der Waals surface area contributed by atoms with Crippen molar-refractivity contribution in [2.75, 3.05) is 23.1 Å². The van der Waals surface area contributed by atoms with Crippen molar-refractivity contribution in [3.63, 3.8) is 0 Å². The number of nitrogens with one attached hydrogen (secondary N) is 3. The number of para-hydroxylation sites is 1. The van der Waals surface area contributed by atoms with Crippen LogP contribution in [-0.4, -0.2) is 37.6 Å². The number of benzene rings is 2. The molecule has 2 aromatic carbocycles. The lowest BCUT2D eigenvalue weighted by Crippen LogP contribution is -2.10. The average molecular weight is 461 g/mol. The molecule has 2 aromatic heterocycles. The van der Waals surface area contributed by atoms with Crippen molar-refractivity contribution in [2.45, 2.75) is 6.92 Å². The molecule has 9 heteroatoms. The molecule has 0 bridgehead atoms. The Morgan fingerprint density at radius 1 is 1.18 bits per heavy atom. The largest absolute Gasteiger partial charge is 0.360 e. The average Bonchev–Trinajstić information content (AvgIpc) is 3.19. The Morgan fingerprint density at radius 3 is 2.73 bits per heavy atom. The number of fused-ring (bicyclic) bond motifs is 1. The maximum Gasteiger partial charge on any atom is 0.247 e. The fourth-order valence-corrected chi connectivity index (χ4v) is 4.02. The molecule has 0 aliphatic rings. The minimum atomic E-state index is -2.36. The van der Waals surface area contributed by atoms with Crippen molar-refractivity contribution in [1.82, 2.24) is 15.0 Å². The highest BCUT2D eigenvalue weighted by molar-refractivity contribution is 7.92. The van der Waals surface area contributed by atoms with E-state index in [4.69, 9.17) is 4.98 Å². The first-order valence-corrected chi connectivity index (χ1v) is 12.5. The van der Waals surface area contributed by atoms with Gasteiger partial charge in [0.15, 0.2) is 0 Å². The van der Waals surface area contributed by atoms with Gasteiger partial charge in [0.2, 0.25) is 11.9 Å². The van der Waals surface area contributed by atoms with E-state index in [-0.39, 0.29) is 5.91 Å². The van der Waals surface area contributed by atoms with Gasteiger partial charge in [-0.1, -0.05) is 24.8 Å². The van der Waals surface area contributed by atoms with Crippen molar-refractivity contribution < 1.29 is 9.00 Å². The Labute approximate surface area is 192 Å². The summed E-state index contributed by atoms with van der Waals surface area (Å²) >= 11 is 0. The summed E-state index contributed by atoms with van der Waals surface area (Å²) in [6, 6.07) is 13.1. The first-order valence-electron chi connectivity index (χ1n) is 10.2. The molecule has 0 spiro atoms. The smallest absolute Gasteiger partial charge is 0.247 e. The number of hydrogen-bond acceptors (Lipinski definition) is 6. The normalized spacial score (nSPS) is 11.2. The minimum absolute atomic E-state index is 0.370. The summed E-state index contributed by atoms with van der Waals surface area (Å²) in [6.45, 7) is 5.46. The van der Waals surface area contributed by atoms with E-state index in [0.29, 0.717) is 23.0 Å². The number of carbonyl (C=O) groups excluding carboxylic acids is 1. The zero-order valence-electron chi connectivity index (χ0n) is 18.5. The van der Waals surface area contributed by atoms with Crippen molar-refractivity contribution in [2.24, 2.45) is 4.36 Å². The van der Waals surface area contributed by atoms with Crippen LogP contribution in [0.15, 0.2) is 71.9 Å². The summed E-state index contributed by atoms with van der Waals surface area (Å²) in [7, 11) is -2.36. The van der Waals surface area contributed by atoms with Crippen LogP contribution in [-0.2, 0) is 14.5 Å². The van der Waals surface area contributed by atoms with Crippen LogP contribution in [0, 0.1) is 6.92 Å². The summed E-state index contributed by atoms with van der Waals surface area (Å²) in [5, 5.41) is 6.99. The number of aryl methyl sites for hydroxylation is 1. The predicted molar refractivity (Wildman–Crippen MR) is 135 cm³/mol. The number of nitrogens with zero attached hydrogens (tertiary/aromatic N) is 3. The van der Waals surface area contributed by atoms with E-state index >= 15 is 0 Å². The molecular formula is C24H24N6O2S. The van der Waals surface area contributed by atoms with Crippen molar-refractivity contribution in [3.05, 3.63) is 73.1 Å². The highest BCUT2D eigenvalue weighted by Crippen LogP contribution is 2.32.